The van der Waals surface area contributed by atoms with Gasteiger partial charge in [-0.3, -0.25) is 14.5 Å². The molecule has 0 radical (unpaired) electrons. The molecule has 4 heterocycles. The number of carbonyl (C=O) groups is 1. The van der Waals surface area contributed by atoms with Crippen molar-refractivity contribution in [3.05, 3.63) is 58.4 Å². The molecule has 2 atom stereocenters. The van der Waals surface area contributed by atoms with E-state index in [0.717, 1.165) is 48.9 Å². The minimum absolute atomic E-state index is 0.0367. The van der Waals surface area contributed by atoms with E-state index < -0.39 is 0 Å². The van der Waals surface area contributed by atoms with Crippen LogP contribution in [0.5, 0.6) is 0 Å². The van der Waals surface area contributed by atoms with Crippen LogP contribution in [0.3, 0.4) is 0 Å². The van der Waals surface area contributed by atoms with Crippen LogP contribution >= 0.6 is 0 Å². The van der Waals surface area contributed by atoms with Crippen LogP contribution in [0.15, 0.2) is 41.5 Å². The molecule has 1 aliphatic heterocycles. The molecule has 0 aromatic carbocycles. The first kappa shape index (κ1) is 19.7. The fourth-order valence-electron chi connectivity index (χ4n) is 4.90. The Morgan fingerprint density at radius 2 is 1.87 bits per heavy atom. The van der Waals surface area contributed by atoms with Gasteiger partial charge in [0.25, 0.3) is 0 Å². The number of nitrogens with one attached hydrogen (secondary N) is 2. The molecule has 0 saturated carbocycles. The quantitative estimate of drug-likeness (QED) is 0.549. The van der Waals surface area contributed by atoms with Gasteiger partial charge in [-0.25, -0.2) is 14.6 Å². The molecule has 162 valence electrons. The number of aromatic amines is 1. The molecule has 3 aromatic heterocycles. The van der Waals surface area contributed by atoms with E-state index in [1.54, 1.807) is 17.0 Å². The molecule has 2 aliphatic rings. The van der Waals surface area contributed by atoms with Gasteiger partial charge in [0.05, 0.1) is 17.3 Å². The van der Waals surface area contributed by atoms with Crippen LogP contribution in [0.2, 0.25) is 0 Å². The lowest BCUT2D eigenvalue weighted by Crippen LogP contribution is -2.46. The number of fused-ring (bicyclic) bond motifs is 2. The van der Waals surface area contributed by atoms with Crippen LogP contribution in [0.1, 0.15) is 61.5 Å². The van der Waals surface area contributed by atoms with Crippen LogP contribution in [0, 0.1) is 0 Å². The molecule has 2 amide bonds. The summed E-state index contributed by atoms with van der Waals surface area (Å²) in [5, 5.41) is 3.18. The predicted octanol–water partition coefficient (Wildman–Crippen LogP) is 2.39. The van der Waals surface area contributed by atoms with E-state index in [9.17, 15) is 9.59 Å². The van der Waals surface area contributed by atoms with Gasteiger partial charge in [0, 0.05) is 37.6 Å². The number of piperidine rings is 1. The summed E-state index contributed by atoms with van der Waals surface area (Å²) < 4.78 is 1.78. The van der Waals surface area contributed by atoms with Crippen molar-refractivity contribution in [1.82, 2.24) is 29.7 Å². The molecule has 4 N–H and O–H groups in total. The summed E-state index contributed by atoms with van der Waals surface area (Å²) in [4.78, 5) is 38.9. The fraction of sp³-hybridized carbons (Fsp3) is 0.455. The maximum atomic E-state index is 13.0. The third kappa shape index (κ3) is 3.69. The largest absolute Gasteiger partial charge is 0.330 e. The van der Waals surface area contributed by atoms with Crippen molar-refractivity contribution >= 4 is 17.2 Å². The number of nitrogens with zero attached hydrogens (tertiary/aromatic N) is 4. The molecule has 1 saturated heterocycles. The summed E-state index contributed by atoms with van der Waals surface area (Å²) in [5.74, 6) is 0. The highest BCUT2D eigenvalue weighted by Gasteiger charge is 2.30. The molecule has 5 rings (SSSR count). The van der Waals surface area contributed by atoms with E-state index in [1.165, 1.54) is 0 Å². The van der Waals surface area contributed by atoms with E-state index in [0.29, 0.717) is 18.7 Å². The normalized spacial score (nSPS) is 22.2. The molecule has 3 aromatic rings. The zero-order valence-corrected chi connectivity index (χ0v) is 17.3. The number of aromatic nitrogens is 4. The highest BCUT2D eigenvalue weighted by Crippen LogP contribution is 2.32. The number of nitrogens with two attached hydrogens (primary N) is 1. The first-order valence-electron chi connectivity index (χ1n) is 10.9. The Labute approximate surface area is 179 Å². The second kappa shape index (κ2) is 8.14. The number of hydrogen-bond acceptors (Lipinski definition) is 5. The third-order valence-electron chi connectivity index (χ3n) is 6.51. The molecule has 0 spiro atoms. The van der Waals surface area contributed by atoms with Crippen LogP contribution in [-0.2, 0) is 0 Å². The second-order valence-corrected chi connectivity index (χ2v) is 8.41. The first-order valence-corrected chi connectivity index (χ1v) is 10.9. The third-order valence-corrected chi connectivity index (χ3v) is 6.51. The highest BCUT2D eigenvalue weighted by atomic mass is 16.2. The summed E-state index contributed by atoms with van der Waals surface area (Å²) in [7, 11) is 0. The summed E-state index contributed by atoms with van der Waals surface area (Å²) in [6, 6.07) is 7.45. The lowest BCUT2D eigenvalue weighted by atomic mass is 10.0. The molecule has 1 fully saturated rings. The smallest absolute Gasteiger partial charge is 0.327 e. The number of rotatable bonds is 2. The summed E-state index contributed by atoms with van der Waals surface area (Å²) in [6.07, 6.45) is 7.54. The lowest BCUT2D eigenvalue weighted by Gasteiger charge is -2.33. The van der Waals surface area contributed by atoms with Gasteiger partial charge < -0.3 is 16.0 Å². The summed E-state index contributed by atoms with van der Waals surface area (Å²) >= 11 is 0. The number of urea groups is 1. The van der Waals surface area contributed by atoms with Gasteiger partial charge >= 0.3 is 11.7 Å². The molecular formula is C22H27N7O2. The van der Waals surface area contributed by atoms with Crippen molar-refractivity contribution in [2.45, 2.75) is 50.2 Å². The number of carbonyl (C=O) groups excluding carboxylic acids is 1. The molecule has 31 heavy (non-hydrogen) atoms. The first-order chi connectivity index (χ1) is 15.1. The number of amides is 2. The van der Waals surface area contributed by atoms with Crippen molar-refractivity contribution in [2.24, 2.45) is 5.73 Å². The summed E-state index contributed by atoms with van der Waals surface area (Å²) in [6.45, 7) is 1.19. The van der Waals surface area contributed by atoms with Gasteiger partial charge in [0.15, 0.2) is 5.65 Å². The maximum absolute atomic E-state index is 13.0. The van der Waals surface area contributed by atoms with E-state index in [-0.39, 0.29) is 29.8 Å². The van der Waals surface area contributed by atoms with Gasteiger partial charge in [-0.15, -0.1) is 0 Å². The Bertz CT molecular complexity index is 1150. The van der Waals surface area contributed by atoms with Crippen LogP contribution in [-0.4, -0.2) is 43.5 Å². The highest BCUT2D eigenvalue weighted by molar-refractivity contribution is 5.75. The average Bonchev–Trinajstić information content (AvgIpc) is 3.05. The van der Waals surface area contributed by atoms with Crippen LogP contribution in [0.4, 0.5) is 4.79 Å². The average molecular weight is 422 g/mol. The van der Waals surface area contributed by atoms with Gasteiger partial charge in [-0.2, -0.15) is 0 Å². The SMILES string of the molecule is N[C@H]1CCC[C@@H](NC(=O)N2CCC(n3c(=O)[nH]c4ncccc43)CC2)c2ncccc21. The van der Waals surface area contributed by atoms with Crippen molar-refractivity contribution < 1.29 is 4.79 Å². The molecule has 0 unspecified atom stereocenters. The zero-order valence-electron chi connectivity index (χ0n) is 17.3. The van der Waals surface area contributed by atoms with Crippen LogP contribution in [0.25, 0.3) is 11.2 Å². The van der Waals surface area contributed by atoms with E-state index in [1.807, 2.05) is 29.2 Å². The van der Waals surface area contributed by atoms with E-state index >= 15 is 0 Å². The van der Waals surface area contributed by atoms with Crippen molar-refractivity contribution in [3.63, 3.8) is 0 Å². The fourth-order valence-corrected chi connectivity index (χ4v) is 4.90. The van der Waals surface area contributed by atoms with E-state index in [2.05, 4.69) is 20.3 Å². The number of likely N-dealkylation sites (tertiary alicyclic amines) is 1. The molecular weight excluding hydrogens is 394 g/mol. The summed E-state index contributed by atoms with van der Waals surface area (Å²) in [5.41, 5.74) is 9.48. The van der Waals surface area contributed by atoms with Gasteiger partial charge in [-0.05, 0) is 55.9 Å². The molecule has 0 bridgehead atoms. The number of imidazole rings is 1. The monoisotopic (exact) mass is 421 g/mol. The minimum Gasteiger partial charge on any atom is -0.330 e. The lowest BCUT2D eigenvalue weighted by molar-refractivity contribution is 0.167. The van der Waals surface area contributed by atoms with Gasteiger partial charge in [-0.1, -0.05) is 6.07 Å². The second-order valence-electron chi connectivity index (χ2n) is 8.41. The maximum Gasteiger partial charge on any atom is 0.327 e. The van der Waals surface area contributed by atoms with Crippen molar-refractivity contribution in [2.75, 3.05) is 13.1 Å². The zero-order chi connectivity index (χ0) is 21.4. The Kier molecular flexibility index (Phi) is 5.19. The minimum atomic E-state index is -0.144. The topological polar surface area (TPSA) is 122 Å². The van der Waals surface area contributed by atoms with Crippen LogP contribution < -0.4 is 16.7 Å². The number of H-pyrrole nitrogens is 1. The Morgan fingerprint density at radius 1 is 1.10 bits per heavy atom. The van der Waals surface area contributed by atoms with Crippen molar-refractivity contribution in [3.8, 4) is 0 Å². The van der Waals surface area contributed by atoms with Crippen molar-refractivity contribution in [1.29, 1.82) is 0 Å². The molecule has 1 aliphatic carbocycles. The van der Waals surface area contributed by atoms with Gasteiger partial charge in [0.2, 0.25) is 0 Å². The Morgan fingerprint density at radius 3 is 2.71 bits per heavy atom. The predicted molar refractivity (Wildman–Crippen MR) is 116 cm³/mol. The Balaban J connectivity index is 1.27. The molecule has 9 heteroatoms. The number of hydrogen-bond donors (Lipinski definition) is 3. The van der Waals surface area contributed by atoms with Gasteiger partial charge in [0.1, 0.15) is 0 Å². The number of pyridine rings is 2. The van der Waals surface area contributed by atoms with E-state index in [4.69, 9.17) is 5.73 Å². The standard InChI is InChI=1S/C22H27N7O2/c23-16-5-1-6-17(19-15(16)4-2-10-24-19)26-21(30)28-12-8-14(9-13-28)29-18-7-3-11-25-20(18)27-22(29)31/h2-4,7,10-11,14,16-17H,1,5-6,8-9,12-13,23H2,(H,26,30)(H,25,27,31)/t16-,17+/m0/s1. The molecule has 9 nitrogen and oxygen atoms in total. The Hall–Kier alpha value is -3.20.